The van der Waals surface area contributed by atoms with Crippen molar-refractivity contribution in [3.63, 3.8) is 0 Å². The Balaban J connectivity index is 1.97. The maximum absolute atomic E-state index is 12.4. The zero-order valence-electron chi connectivity index (χ0n) is 14.6. The molecule has 0 spiro atoms. The summed E-state index contributed by atoms with van der Waals surface area (Å²) in [6.07, 6.45) is 2.45. The summed E-state index contributed by atoms with van der Waals surface area (Å²) < 4.78 is 6.81. The van der Waals surface area contributed by atoms with Gasteiger partial charge in [-0.15, -0.1) is 0 Å². The van der Waals surface area contributed by atoms with E-state index in [2.05, 4.69) is 15.7 Å². The van der Waals surface area contributed by atoms with Gasteiger partial charge in [-0.1, -0.05) is 0 Å². The lowest BCUT2D eigenvalue weighted by atomic mass is 9.92. The second-order valence-electron chi connectivity index (χ2n) is 6.99. The van der Waals surface area contributed by atoms with E-state index in [4.69, 9.17) is 9.84 Å². The highest BCUT2D eigenvalue weighted by Crippen LogP contribution is 2.21. The Kier molecular flexibility index (Phi) is 6.38. The van der Waals surface area contributed by atoms with E-state index in [1.54, 1.807) is 26.1 Å². The van der Waals surface area contributed by atoms with Crippen LogP contribution in [0.2, 0.25) is 0 Å². The molecule has 1 aromatic rings. The van der Waals surface area contributed by atoms with Crippen molar-refractivity contribution in [2.45, 2.75) is 51.3 Å². The number of ether oxygens (including phenoxy) is 1. The van der Waals surface area contributed by atoms with Gasteiger partial charge in [-0.2, -0.15) is 5.10 Å². The monoisotopic (exact) mass is 354 g/mol. The van der Waals surface area contributed by atoms with Crippen molar-refractivity contribution < 1.29 is 24.5 Å². The van der Waals surface area contributed by atoms with Gasteiger partial charge < -0.3 is 25.6 Å². The van der Waals surface area contributed by atoms with E-state index in [0.29, 0.717) is 25.5 Å². The smallest absolute Gasteiger partial charge is 0.405 e. The highest BCUT2D eigenvalue weighted by atomic mass is 16.5. The summed E-state index contributed by atoms with van der Waals surface area (Å²) in [6.45, 7) is 4.86. The first-order chi connectivity index (χ1) is 11.7. The van der Waals surface area contributed by atoms with Crippen molar-refractivity contribution >= 4 is 17.8 Å². The van der Waals surface area contributed by atoms with E-state index in [1.165, 1.54) is 4.68 Å². The molecule has 1 aliphatic rings. The molecule has 0 saturated carbocycles. The summed E-state index contributed by atoms with van der Waals surface area (Å²) in [4.78, 5) is 23.5. The number of carbonyl (C=O) groups is 2. The second-order valence-corrected chi connectivity index (χ2v) is 6.99. The molecule has 9 heteroatoms. The summed E-state index contributed by atoms with van der Waals surface area (Å²) >= 11 is 0. The van der Waals surface area contributed by atoms with E-state index in [0.717, 1.165) is 12.8 Å². The molecule has 0 aromatic carbocycles. The highest BCUT2D eigenvalue weighted by molar-refractivity contribution is 5.95. The Labute approximate surface area is 146 Å². The fraction of sp³-hybridized carbons (Fsp3) is 0.688. The van der Waals surface area contributed by atoms with Gasteiger partial charge in [0.2, 0.25) is 5.91 Å². The lowest BCUT2D eigenvalue weighted by molar-refractivity contribution is -0.118. The summed E-state index contributed by atoms with van der Waals surface area (Å²) in [6, 6.07) is 0.760. The predicted molar refractivity (Wildman–Crippen MR) is 90.3 cm³/mol. The van der Waals surface area contributed by atoms with Crippen molar-refractivity contribution in [3.8, 4) is 0 Å². The van der Waals surface area contributed by atoms with Crippen LogP contribution >= 0.6 is 0 Å². The van der Waals surface area contributed by atoms with E-state index in [1.807, 2.05) is 0 Å². The fourth-order valence-corrected chi connectivity index (χ4v) is 2.82. The maximum Gasteiger partial charge on any atom is 0.405 e. The zero-order chi connectivity index (χ0) is 18.4. The van der Waals surface area contributed by atoms with Crippen LogP contribution in [-0.2, 0) is 16.1 Å². The number of hydrogen-bond acceptors (Lipinski definition) is 5. The molecule has 0 radical (unpaired) electrons. The number of anilines is 1. The molecule has 2 heterocycles. The van der Waals surface area contributed by atoms with Gasteiger partial charge in [-0.25, -0.2) is 4.79 Å². The topological polar surface area (TPSA) is 126 Å². The molecular weight excluding hydrogens is 328 g/mol. The summed E-state index contributed by atoms with van der Waals surface area (Å²) in [5.41, 5.74) is -0.927. The molecule has 2 rings (SSSR count). The van der Waals surface area contributed by atoms with Gasteiger partial charge in [0.1, 0.15) is 6.04 Å². The summed E-state index contributed by atoms with van der Waals surface area (Å²) in [5.74, 6) is 0.116. The molecule has 1 atom stereocenters. The van der Waals surface area contributed by atoms with Crippen LogP contribution in [0, 0.1) is 5.92 Å². The van der Waals surface area contributed by atoms with E-state index in [-0.39, 0.29) is 12.5 Å². The van der Waals surface area contributed by atoms with Crippen LogP contribution < -0.4 is 10.6 Å². The van der Waals surface area contributed by atoms with E-state index >= 15 is 0 Å². The number of hydrogen-bond donors (Lipinski definition) is 4. The molecule has 1 fully saturated rings. The standard InChI is InChI=1S/C16H26N4O5/c1-16(2,24)10-20-6-3-13(19-20)18-14(21)12(17-15(22)23)9-11-4-7-25-8-5-11/h3,6,11-12,17,24H,4-5,7-10H2,1-2H3,(H,22,23)(H,18,19,21). The van der Waals surface area contributed by atoms with Gasteiger partial charge >= 0.3 is 6.09 Å². The average molecular weight is 354 g/mol. The lowest BCUT2D eigenvalue weighted by Crippen LogP contribution is -2.45. The number of rotatable bonds is 7. The van der Waals surface area contributed by atoms with Crippen LogP contribution in [0.3, 0.4) is 0 Å². The van der Waals surface area contributed by atoms with Crippen LogP contribution in [0.4, 0.5) is 10.6 Å². The molecule has 4 N–H and O–H groups in total. The maximum atomic E-state index is 12.4. The van der Waals surface area contributed by atoms with Gasteiger partial charge in [0.15, 0.2) is 5.82 Å². The Bertz CT molecular complexity index is 590. The van der Waals surface area contributed by atoms with Crippen LogP contribution in [0.25, 0.3) is 0 Å². The molecule has 1 unspecified atom stereocenters. The van der Waals surface area contributed by atoms with Crippen molar-refractivity contribution in [2.75, 3.05) is 18.5 Å². The van der Waals surface area contributed by atoms with Crippen LogP contribution in [-0.4, -0.2) is 56.9 Å². The number of nitrogens with one attached hydrogen (secondary N) is 2. The number of carboxylic acid groups (broad SMARTS) is 1. The third-order valence-electron chi connectivity index (χ3n) is 3.96. The molecule has 25 heavy (non-hydrogen) atoms. The highest BCUT2D eigenvalue weighted by Gasteiger charge is 2.26. The van der Waals surface area contributed by atoms with Gasteiger partial charge in [-0.05, 0) is 39.0 Å². The largest absolute Gasteiger partial charge is 0.465 e. The molecule has 1 saturated heterocycles. The molecule has 9 nitrogen and oxygen atoms in total. The minimum absolute atomic E-state index is 0.240. The SMILES string of the molecule is CC(C)(O)Cn1ccc(NC(=O)C(CC2CCOCC2)NC(=O)O)n1. The first-order valence-corrected chi connectivity index (χ1v) is 8.37. The Morgan fingerprint density at radius 2 is 2.12 bits per heavy atom. The van der Waals surface area contributed by atoms with Crippen molar-refractivity contribution in [2.24, 2.45) is 5.92 Å². The van der Waals surface area contributed by atoms with Crippen LogP contribution in [0.15, 0.2) is 12.3 Å². The number of aliphatic hydroxyl groups is 1. The summed E-state index contributed by atoms with van der Waals surface area (Å²) in [7, 11) is 0. The predicted octanol–water partition coefficient (Wildman–Crippen LogP) is 1.05. The third kappa shape index (κ3) is 6.71. The van der Waals surface area contributed by atoms with Gasteiger partial charge in [0.25, 0.3) is 0 Å². The first kappa shape index (κ1) is 19.2. The normalized spacial score (nSPS) is 17.1. The average Bonchev–Trinajstić information content (AvgIpc) is 2.92. The molecule has 2 amide bonds. The van der Waals surface area contributed by atoms with Crippen molar-refractivity contribution in [3.05, 3.63) is 12.3 Å². The quantitative estimate of drug-likeness (QED) is 0.580. The number of carbonyl (C=O) groups excluding carboxylic acids is 1. The zero-order valence-corrected chi connectivity index (χ0v) is 14.6. The molecule has 140 valence electrons. The fourth-order valence-electron chi connectivity index (χ4n) is 2.82. The molecule has 0 aliphatic carbocycles. The van der Waals surface area contributed by atoms with Gasteiger partial charge in [0.05, 0.1) is 12.1 Å². The van der Waals surface area contributed by atoms with Crippen LogP contribution in [0.5, 0.6) is 0 Å². The van der Waals surface area contributed by atoms with Crippen molar-refractivity contribution in [1.82, 2.24) is 15.1 Å². The van der Waals surface area contributed by atoms with E-state index in [9.17, 15) is 14.7 Å². The van der Waals surface area contributed by atoms with Gasteiger partial charge in [0, 0.05) is 25.5 Å². The number of nitrogens with zero attached hydrogens (tertiary/aromatic N) is 2. The number of amides is 2. The first-order valence-electron chi connectivity index (χ1n) is 8.37. The lowest BCUT2D eigenvalue weighted by Gasteiger charge is -2.25. The molecular formula is C16H26N4O5. The minimum Gasteiger partial charge on any atom is -0.465 e. The second kappa shape index (κ2) is 8.30. The van der Waals surface area contributed by atoms with E-state index < -0.39 is 23.6 Å². The summed E-state index contributed by atoms with van der Waals surface area (Å²) in [5, 5.41) is 27.9. The Morgan fingerprint density at radius 1 is 1.44 bits per heavy atom. The third-order valence-corrected chi connectivity index (χ3v) is 3.96. The Hall–Kier alpha value is -2.13. The molecule has 0 bridgehead atoms. The van der Waals surface area contributed by atoms with Crippen molar-refractivity contribution in [1.29, 1.82) is 0 Å². The minimum atomic E-state index is -1.24. The Morgan fingerprint density at radius 3 is 2.72 bits per heavy atom. The molecule has 1 aliphatic heterocycles. The van der Waals surface area contributed by atoms with Gasteiger partial charge in [-0.3, -0.25) is 9.48 Å². The molecule has 1 aromatic heterocycles. The van der Waals surface area contributed by atoms with Crippen LogP contribution in [0.1, 0.15) is 33.1 Å². The number of aromatic nitrogens is 2.